The first-order valence-corrected chi connectivity index (χ1v) is 4.90. The molecule has 0 aliphatic carbocycles. The van der Waals surface area contributed by atoms with Crippen molar-refractivity contribution in [1.82, 2.24) is 0 Å². The minimum Gasteiger partial charge on any atom is -0.495 e. The summed E-state index contributed by atoms with van der Waals surface area (Å²) in [4.78, 5) is 10.8. The molecule has 1 aromatic rings. The molecule has 0 saturated heterocycles. The molecule has 0 aromatic heterocycles. The van der Waals surface area contributed by atoms with E-state index in [0.717, 1.165) is 4.47 Å². The highest BCUT2D eigenvalue weighted by Gasteiger charge is 2.00. The average molecular weight is 269 g/mol. The van der Waals surface area contributed by atoms with Gasteiger partial charge in [-0.3, -0.25) is 0 Å². The predicted octanol–water partition coefficient (Wildman–Crippen LogP) is 1.98. The zero-order valence-corrected chi connectivity index (χ0v) is 9.92. The number of carbonyl (C=O) groups is 1. The maximum absolute atomic E-state index is 10.8. The molecule has 1 aromatic carbocycles. The molecular weight excluding hydrogens is 260 g/mol. The van der Waals surface area contributed by atoms with Crippen molar-refractivity contribution in [2.75, 3.05) is 14.2 Å². The van der Waals surface area contributed by atoms with E-state index in [1.807, 2.05) is 6.07 Å². The van der Waals surface area contributed by atoms with Gasteiger partial charge in [-0.15, -0.1) is 0 Å². The van der Waals surface area contributed by atoms with Crippen molar-refractivity contribution in [2.45, 2.75) is 0 Å². The highest BCUT2D eigenvalue weighted by Crippen LogP contribution is 2.22. The smallest absolute Gasteiger partial charge is 0.384 e. The second-order valence-corrected chi connectivity index (χ2v) is 3.50. The molecule has 0 radical (unpaired) electrons. The van der Waals surface area contributed by atoms with Crippen LogP contribution in [-0.2, 0) is 9.53 Å². The zero-order chi connectivity index (χ0) is 11.3. The number of rotatable bonds is 1. The lowest BCUT2D eigenvalue weighted by Gasteiger charge is -2.02. The quantitative estimate of drug-likeness (QED) is 0.577. The summed E-state index contributed by atoms with van der Waals surface area (Å²) in [6.07, 6.45) is 0. The van der Waals surface area contributed by atoms with Crippen LogP contribution in [0.2, 0.25) is 0 Å². The molecule has 0 amide bonds. The van der Waals surface area contributed by atoms with E-state index in [-0.39, 0.29) is 0 Å². The summed E-state index contributed by atoms with van der Waals surface area (Å²) in [7, 11) is 2.83. The predicted molar refractivity (Wildman–Crippen MR) is 59.6 cm³/mol. The number of methoxy groups -OCH3 is 2. The van der Waals surface area contributed by atoms with Crippen LogP contribution in [0.1, 0.15) is 5.56 Å². The van der Waals surface area contributed by atoms with Crippen LogP contribution in [0.5, 0.6) is 5.75 Å². The molecule has 0 atom stereocenters. The van der Waals surface area contributed by atoms with Crippen LogP contribution in [0.4, 0.5) is 0 Å². The van der Waals surface area contributed by atoms with Gasteiger partial charge in [0.15, 0.2) is 0 Å². The first-order chi connectivity index (χ1) is 7.17. The largest absolute Gasteiger partial charge is 0.495 e. The van der Waals surface area contributed by atoms with Gasteiger partial charge in [0.05, 0.1) is 19.8 Å². The van der Waals surface area contributed by atoms with Gasteiger partial charge in [-0.1, -0.05) is 21.9 Å². The molecule has 78 valence electrons. The lowest BCUT2D eigenvalue weighted by atomic mass is 10.2. The molecule has 3 nitrogen and oxygen atoms in total. The molecule has 0 bridgehead atoms. The standard InChI is InChI=1S/C11H9BrO3/c1-14-10-7-9(12)5-3-8(10)4-6-11(13)15-2/h3,5,7H,1-2H3. The third-order valence-electron chi connectivity index (χ3n) is 1.65. The van der Waals surface area contributed by atoms with Crippen LogP contribution >= 0.6 is 15.9 Å². The Kier molecular flexibility index (Phi) is 4.19. The Morgan fingerprint density at radius 1 is 1.40 bits per heavy atom. The molecule has 4 heteroatoms. The fraction of sp³-hybridized carbons (Fsp3) is 0.182. The number of benzene rings is 1. The van der Waals surface area contributed by atoms with Crippen LogP contribution in [0.25, 0.3) is 0 Å². The lowest BCUT2D eigenvalue weighted by molar-refractivity contribution is -0.133. The summed E-state index contributed by atoms with van der Waals surface area (Å²) in [6.45, 7) is 0. The first-order valence-electron chi connectivity index (χ1n) is 4.11. The van der Waals surface area contributed by atoms with E-state index in [9.17, 15) is 4.79 Å². The Hall–Kier alpha value is -1.47. The summed E-state index contributed by atoms with van der Waals surface area (Å²) in [6, 6.07) is 5.37. The monoisotopic (exact) mass is 268 g/mol. The van der Waals surface area contributed by atoms with Crippen LogP contribution in [-0.4, -0.2) is 20.2 Å². The molecule has 0 fully saturated rings. The van der Waals surface area contributed by atoms with E-state index in [2.05, 4.69) is 32.5 Å². The molecule has 0 aliphatic heterocycles. The summed E-state index contributed by atoms with van der Waals surface area (Å²) in [5.74, 6) is 5.05. The minimum atomic E-state index is -0.569. The highest BCUT2D eigenvalue weighted by molar-refractivity contribution is 9.10. The molecule has 0 saturated carbocycles. The van der Waals surface area contributed by atoms with Gasteiger partial charge in [0.1, 0.15) is 5.75 Å². The fourth-order valence-corrected chi connectivity index (χ4v) is 1.28. The average Bonchev–Trinajstić information content (AvgIpc) is 2.26. The van der Waals surface area contributed by atoms with Gasteiger partial charge < -0.3 is 9.47 Å². The fourth-order valence-electron chi connectivity index (χ4n) is 0.938. The van der Waals surface area contributed by atoms with Crippen LogP contribution in [0.15, 0.2) is 22.7 Å². The van der Waals surface area contributed by atoms with E-state index in [4.69, 9.17) is 4.74 Å². The van der Waals surface area contributed by atoms with Crippen molar-refractivity contribution in [1.29, 1.82) is 0 Å². The molecule has 1 rings (SSSR count). The number of halogens is 1. The summed E-state index contributed by atoms with van der Waals surface area (Å²) >= 11 is 3.31. The van der Waals surface area contributed by atoms with Crippen molar-refractivity contribution in [2.24, 2.45) is 0 Å². The molecular formula is C11H9BrO3. The van der Waals surface area contributed by atoms with E-state index in [1.54, 1.807) is 19.2 Å². The Balaban J connectivity index is 3.02. The molecule has 0 heterocycles. The van der Waals surface area contributed by atoms with Crippen molar-refractivity contribution >= 4 is 21.9 Å². The van der Waals surface area contributed by atoms with Crippen molar-refractivity contribution in [3.8, 4) is 17.6 Å². The minimum absolute atomic E-state index is 0.569. The lowest BCUT2D eigenvalue weighted by Crippen LogP contribution is -1.95. The normalized spacial score (nSPS) is 8.73. The van der Waals surface area contributed by atoms with Gasteiger partial charge in [0.25, 0.3) is 0 Å². The number of esters is 1. The topological polar surface area (TPSA) is 35.5 Å². The number of carbonyl (C=O) groups excluding carboxylic acids is 1. The Morgan fingerprint density at radius 2 is 2.13 bits per heavy atom. The highest BCUT2D eigenvalue weighted by atomic mass is 79.9. The SMILES string of the molecule is COC(=O)C#Cc1ccc(Br)cc1OC. The van der Waals surface area contributed by atoms with Gasteiger partial charge in [-0.05, 0) is 18.2 Å². The summed E-state index contributed by atoms with van der Waals surface area (Å²) < 4.78 is 10.4. The second-order valence-electron chi connectivity index (χ2n) is 2.59. The molecule has 0 spiro atoms. The third-order valence-corrected chi connectivity index (χ3v) is 2.14. The van der Waals surface area contributed by atoms with Crippen LogP contribution < -0.4 is 4.74 Å². The first kappa shape index (κ1) is 11.6. The second kappa shape index (κ2) is 5.42. The summed E-state index contributed by atoms with van der Waals surface area (Å²) in [5, 5.41) is 0. The molecule has 0 N–H and O–H groups in total. The zero-order valence-electron chi connectivity index (χ0n) is 8.33. The van der Waals surface area contributed by atoms with Crippen molar-refractivity contribution < 1.29 is 14.3 Å². The van der Waals surface area contributed by atoms with E-state index >= 15 is 0 Å². The van der Waals surface area contributed by atoms with Gasteiger partial charge in [-0.2, -0.15) is 0 Å². The van der Waals surface area contributed by atoms with E-state index in [0.29, 0.717) is 11.3 Å². The van der Waals surface area contributed by atoms with Crippen molar-refractivity contribution in [3.05, 3.63) is 28.2 Å². The Bertz CT molecular complexity index is 429. The van der Waals surface area contributed by atoms with Crippen molar-refractivity contribution in [3.63, 3.8) is 0 Å². The molecule has 15 heavy (non-hydrogen) atoms. The maximum Gasteiger partial charge on any atom is 0.384 e. The van der Waals surface area contributed by atoms with Gasteiger partial charge in [-0.25, -0.2) is 4.79 Å². The number of hydrogen-bond donors (Lipinski definition) is 0. The summed E-state index contributed by atoms with van der Waals surface area (Å²) in [5.41, 5.74) is 0.645. The Morgan fingerprint density at radius 3 is 2.73 bits per heavy atom. The Labute approximate surface area is 96.5 Å². The van der Waals surface area contributed by atoms with Gasteiger partial charge in [0, 0.05) is 10.4 Å². The van der Waals surface area contributed by atoms with Gasteiger partial charge >= 0.3 is 5.97 Å². The van der Waals surface area contributed by atoms with Gasteiger partial charge in [0.2, 0.25) is 0 Å². The molecule has 0 aliphatic rings. The van der Waals surface area contributed by atoms with E-state index < -0.39 is 5.97 Å². The van der Waals surface area contributed by atoms with Crippen LogP contribution in [0.3, 0.4) is 0 Å². The van der Waals surface area contributed by atoms with E-state index in [1.165, 1.54) is 7.11 Å². The third kappa shape index (κ3) is 3.30. The van der Waals surface area contributed by atoms with Crippen LogP contribution in [0, 0.1) is 11.8 Å². The molecule has 0 unspecified atom stereocenters. The number of hydrogen-bond acceptors (Lipinski definition) is 3. The number of ether oxygens (including phenoxy) is 2. The maximum atomic E-state index is 10.8.